The predicted octanol–water partition coefficient (Wildman–Crippen LogP) is 2.46. The largest absolute Gasteiger partial charge is 0.481 e. The number of carboxylic acids is 1. The number of aliphatic carboxylic acids is 1. The second kappa shape index (κ2) is 6.83. The third kappa shape index (κ3) is 6.50. The van der Waals surface area contributed by atoms with Crippen molar-refractivity contribution in [3.05, 3.63) is 0 Å². The van der Waals surface area contributed by atoms with Gasteiger partial charge in [0.2, 0.25) is 0 Å². The molecule has 0 aliphatic carbocycles. The van der Waals surface area contributed by atoms with E-state index in [9.17, 15) is 4.79 Å². The highest BCUT2D eigenvalue weighted by atomic mass is 16.4. The van der Waals surface area contributed by atoms with Crippen molar-refractivity contribution in [3.8, 4) is 0 Å². The van der Waals surface area contributed by atoms with Crippen LogP contribution >= 0.6 is 0 Å². The van der Waals surface area contributed by atoms with Crippen LogP contribution in [0.1, 0.15) is 41.0 Å². The molecule has 0 aromatic rings. The maximum Gasteiger partial charge on any atom is 0.307 e. The second-order valence-corrected chi connectivity index (χ2v) is 5.01. The quantitative estimate of drug-likeness (QED) is 0.709. The number of carboxylic acid groups (broad SMARTS) is 1. The molecule has 0 radical (unpaired) electrons. The number of nitrogens with zero attached hydrogens (tertiary/aromatic N) is 1. The van der Waals surface area contributed by atoms with E-state index in [-0.39, 0.29) is 5.92 Å². The molecule has 0 spiro atoms. The third-order valence-electron chi connectivity index (χ3n) is 2.65. The molecule has 0 aliphatic heterocycles. The fourth-order valence-corrected chi connectivity index (χ4v) is 1.41. The van der Waals surface area contributed by atoms with Crippen molar-refractivity contribution in [3.63, 3.8) is 0 Å². The van der Waals surface area contributed by atoms with Crippen LogP contribution in [0.25, 0.3) is 0 Å². The summed E-state index contributed by atoms with van der Waals surface area (Å²) in [6.45, 7) is 12.0. The summed E-state index contributed by atoms with van der Waals surface area (Å²) < 4.78 is 0. The van der Waals surface area contributed by atoms with Crippen LogP contribution in [0.5, 0.6) is 0 Å². The summed E-state index contributed by atoms with van der Waals surface area (Å²) in [6.07, 6.45) is 1.13. The van der Waals surface area contributed by atoms with E-state index in [4.69, 9.17) is 5.11 Å². The van der Waals surface area contributed by atoms with Gasteiger partial charge in [-0.15, -0.1) is 0 Å². The highest BCUT2D eigenvalue weighted by molar-refractivity contribution is 5.69. The zero-order valence-corrected chi connectivity index (χ0v) is 10.7. The molecule has 90 valence electrons. The number of rotatable bonds is 7. The molecule has 1 unspecified atom stereocenters. The first-order valence-corrected chi connectivity index (χ1v) is 5.81. The Bertz CT molecular complexity index is 190. The SMILES string of the molecule is CC(C)CCN(CC(C)C(=O)O)C(C)C. The molecule has 0 rings (SSSR count). The summed E-state index contributed by atoms with van der Waals surface area (Å²) in [7, 11) is 0. The summed E-state index contributed by atoms with van der Waals surface area (Å²) in [5.74, 6) is -0.309. The van der Waals surface area contributed by atoms with Crippen LogP contribution in [0.4, 0.5) is 0 Å². The Morgan fingerprint density at radius 3 is 2.07 bits per heavy atom. The first-order valence-electron chi connectivity index (χ1n) is 5.81. The van der Waals surface area contributed by atoms with Gasteiger partial charge in [0.15, 0.2) is 0 Å². The molecular formula is C12H25NO2. The monoisotopic (exact) mass is 215 g/mol. The minimum absolute atomic E-state index is 0.278. The van der Waals surface area contributed by atoms with Gasteiger partial charge in [-0.2, -0.15) is 0 Å². The Kier molecular flexibility index (Phi) is 6.57. The van der Waals surface area contributed by atoms with Crippen LogP contribution in [-0.2, 0) is 4.79 Å². The lowest BCUT2D eigenvalue weighted by atomic mass is 10.1. The molecule has 0 bridgehead atoms. The van der Waals surface area contributed by atoms with Crippen molar-refractivity contribution in [1.29, 1.82) is 0 Å². The molecule has 0 fully saturated rings. The van der Waals surface area contributed by atoms with Crippen LogP contribution in [0.15, 0.2) is 0 Å². The molecule has 3 nitrogen and oxygen atoms in total. The van der Waals surface area contributed by atoms with Crippen LogP contribution in [0.2, 0.25) is 0 Å². The Morgan fingerprint density at radius 1 is 1.20 bits per heavy atom. The van der Waals surface area contributed by atoms with Gasteiger partial charge in [0.25, 0.3) is 0 Å². The minimum atomic E-state index is -0.704. The molecule has 0 heterocycles. The van der Waals surface area contributed by atoms with Gasteiger partial charge in [-0.25, -0.2) is 0 Å². The molecule has 0 aromatic carbocycles. The van der Waals surface area contributed by atoms with Gasteiger partial charge >= 0.3 is 5.97 Å². The summed E-state index contributed by atoms with van der Waals surface area (Å²) in [6, 6.07) is 0.422. The summed E-state index contributed by atoms with van der Waals surface area (Å²) in [4.78, 5) is 13.0. The van der Waals surface area contributed by atoms with E-state index >= 15 is 0 Å². The van der Waals surface area contributed by atoms with Crippen LogP contribution in [-0.4, -0.2) is 35.1 Å². The zero-order valence-electron chi connectivity index (χ0n) is 10.7. The topological polar surface area (TPSA) is 40.5 Å². The maximum atomic E-state index is 10.8. The predicted molar refractivity (Wildman–Crippen MR) is 63.0 cm³/mol. The number of carbonyl (C=O) groups is 1. The van der Waals surface area contributed by atoms with E-state index in [1.165, 1.54) is 0 Å². The highest BCUT2D eigenvalue weighted by Gasteiger charge is 2.18. The van der Waals surface area contributed by atoms with E-state index in [1.54, 1.807) is 6.92 Å². The van der Waals surface area contributed by atoms with Gasteiger partial charge in [-0.05, 0) is 32.7 Å². The third-order valence-corrected chi connectivity index (χ3v) is 2.65. The minimum Gasteiger partial charge on any atom is -0.481 e. The molecule has 1 N–H and O–H groups in total. The molecule has 3 heteroatoms. The van der Waals surface area contributed by atoms with E-state index in [0.717, 1.165) is 13.0 Å². The lowest BCUT2D eigenvalue weighted by Gasteiger charge is -2.28. The lowest BCUT2D eigenvalue weighted by Crippen LogP contribution is -2.38. The van der Waals surface area contributed by atoms with Crippen molar-refractivity contribution in [2.45, 2.75) is 47.1 Å². The Balaban J connectivity index is 4.10. The Hall–Kier alpha value is -0.570. The summed E-state index contributed by atoms with van der Waals surface area (Å²) in [5.41, 5.74) is 0. The van der Waals surface area contributed by atoms with Gasteiger partial charge in [-0.3, -0.25) is 4.79 Å². The van der Waals surface area contributed by atoms with E-state index in [1.807, 2.05) is 0 Å². The van der Waals surface area contributed by atoms with Gasteiger partial charge in [0.1, 0.15) is 0 Å². The lowest BCUT2D eigenvalue weighted by molar-refractivity contribution is -0.141. The highest BCUT2D eigenvalue weighted by Crippen LogP contribution is 2.09. The molecule has 0 saturated carbocycles. The second-order valence-electron chi connectivity index (χ2n) is 5.01. The smallest absolute Gasteiger partial charge is 0.307 e. The van der Waals surface area contributed by atoms with Crippen molar-refractivity contribution in [2.75, 3.05) is 13.1 Å². The van der Waals surface area contributed by atoms with Crippen molar-refractivity contribution >= 4 is 5.97 Å². The van der Waals surface area contributed by atoms with E-state index < -0.39 is 5.97 Å². The molecule has 0 aliphatic rings. The zero-order chi connectivity index (χ0) is 12.0. The van der Waals surface area contributed by atoms with Gasteiger partial charge < -0.3 is 10.0 Å². The normalized spacial score (nSPS) is 13.9. The van der Waals surface area contributed by atoms with E-state index in [2.05, 4.69) is 32.6 Å². The van der Waals surface area contributed by atoms with Gasteiger partial charge in [-0.1, -0.05) is 20.8 Å². The maximum absolute atomic E-state index is 10.8. The Labute approximate surface area is 93.5 Å². The molecule has 15 heavy (non-hydrogen) atoms. The fourth-order valence-electron chi connectivity index (χ4n) is 1.41. The average molecular weight is 215 g/mol. The van der Waals surface area contributed by atoms with Crippen molar-refractivity contribution < 1.29 is 9.90 Å². The van der Waals surface area contributed by atoms with Crippen LogP contribution < -0.4 is 0 Å². The molecule has 0 saturated heterocycles. The number of hydrogen-bond acceptors (Lipinski definition) is 2. The standard InChI is InChI=1S/C12H25NO2/c1-9(2)6-7-13(10(3)4)8-11(5)12(14)15/h9-11H,6-8H2,1-5H3,(H,14,15). The molecular weight excluding hydrogens is 190 g/mol. The van der Waals surface area contributed by atoms with Gasteiger partial charge in [0.05, 0.1) is 5.92 Å². The summed E-state index contributed by atoms with van der Waals surface area (Å²) in [5, 5.41) is 8.86. The molecule has 0 amide bonds. The first-order chi connectivity index (χ1) is 6.84. The molecule has 0 aromatic heterocycles. The summed E-state index contributed by atoms with van der Waals surface area (Å²) >= 11 is 0. The van der Waals surface area contributed by atoms with Gasteiger partial charge in [0, 0.05) is 12.6 Å². The first kappa shape index (κ1) is 14.4. The van der Waals surface area contributed by atoms with Crippen molar-refractivity contribution in [2.24, 2.45) is 11.8 Å². The van der Waals surface area contributed by atoms with Crippen LogP contribution in [0, 0.1) is 11.8 Å². The molecule has 1 atom stereocenters. The van der Waals surface area contributed by atoms with E-state index in [0.29, 0.717) is 18.5 Å². The van der Waals surface area contributed by atoms with Crippen molar-refractivity contribution in [1.82, 2.24) is 4.90 Å². The Morgan fingerprint density at radius 2 is 1.73 bits per heavy atom. The number of hydrogen-bond donors (Lipinski definition) is 1. The fraction of sp³-hybridized carbons (Fsp3) is 0.917. The average Bonchev–Trinajstić information content (AvgIpc) is 2.10. The van der Waals surface area contributed by atoms with Crippen LogP contribution in [0.3, 0.4) is 0 Å².